The lowest BCUT2D eigenvalue weighted by Gasteiger charge is -2.18. The molecule has 1 N–H and O–H groups in total. The number of hydrogen-bond donors (Lipinski definition) is 1. The van der Waals surface area contributed by atoms with Gasteiger partial charge in [0.1, 0.15) is 5.82 Å². The van der Waals surface area contributed by atoms with Crippen LogP contribution in [0, 0.1) is 5.82 Å². The van der Waals surface area contributed by atoms with E-state index in [0.29, 0.717) is 11.1 Å². The van der Waals surface area contributed by atoms with Gasteiger partial charge in [0.2, 0.25) is 5.56 Å². The number of rotatable bonds is 5. The number of pyridine rings is 2. The van der Waals surface area contributed by atoms with Gasteiger partial charge in [-0.05, 0) is 47.3 Å². The second-order valence-corrected chi connectivity index (χ2v) is 7.29. The summed E-state index contributed by atoms with van der Waals surface area (Å²) in [6, 6.07) is 14.6. The molecule has 2 aromatic carbocycles. The Morgan fingerprint density at radius 1 is 1.00 bits per heavy atom. The molecule has 0 aliphatic heterocycles. The van der Waals surface area contributed by atoms with Crippen molar-refractivity contribution in [1.29, 1.82) is 0 Å². The van der Waals surface area contributed by atoms with E-state index in [2.05, 4.69) is 9.97 Å². The highest BCUT2D eigenvalue weighted by atomic mass is 19.4. The Kier molecular flexibility index (Phi) is 5.61. The molecule has 4 rings (SSSR count). The Hall–Kier alpha value is -3.81. The van der Waals surface area contributed by atoms with Crippen molar-refractivity contribution in [3.8, 4) is 0 Å². The first-order valence-corrected chi connectivity index (χ1v) is 9.66. The van der Waals surface area contributed by atoms with Gasteiger partial charge in [-0.1, -0.05) is 24.3 Å². The molecular weight excluding hydrogens is 424 g/mol. The van der Waals surface area contributed by atoms with Gasteiger partial charge in [-0.2, -0.15) is 13.2 Å². The lowest BCUT2D eigenvalue weighted by Crippen LogP contribution is -2.13. The van der Waals surface area contributed by atoms with Crippen LogP contribution in [-0.4, -0.2) is 15.8 Å². The van der Waals surface area contributed by atoms with Crippen molar-refractivity contribution in [2.45, 2.75) is 18.5 Å². The first-order chi connectivity index (χ1) is 15.2. The van der Waals surface area contributed by atoms with Gasteiger partial charge in [0.25, 0.3) is 0 Å². The number of ketones is 1. The molecule has 0 aliphatic carbocycles. The van der Waals surface area contributed by atoms with Crippen LogP contribution in [0.3, 0.4) is 0 Å². The lowest BCUT2D eigenvalue weighted by molar-refractivity contribution is -0.137. The molecule has 0 fully saturated rings. The molecule has 0 bridgehead atoms. The Morgan fingerprint density at radius 2 is 1.72 bits per heavy atom. The SMILES string of the molecule is O=C(C[C@@H](c1ccc(C(F)(F)F)cc1)c1ncccc1F)c1ccc2ccc(=O)[nH]c2c1. The largest absolute Gasteiger partial charge is 0.416 e. The van der Waals surface area contributed by atoms with Gasteiger partial charge in [0.15, 0.2) is 5.78 Å². The molecule has 32 heavy (non-hydrogen) atoms. The number of Topliss-reactive ketones (excluding diaryl/α,β-unsaturated/α-hetero) is 1. The minimum Gasteiger partial charge on any atom is -0.322 e. The zero-order chi connectivity index (χ0) is 22.9. The molecule has 1 atom stereocenters. The number of alkyl halides is 3. The molecule has 0 saturated carbocycles. The molecule has 4 nitrogen and oxygen atoms in total. The standard InChI is InChI=1S/C24H16F4N2O2/c25-19-2-1-11-29-23(19)18(14-5-8-17(9-6-14)24(26,27)28)13-21(31)16-4-3-15-7-10-22(32)30-20(15)12-16/h1-12,18H,13H2,(H,30,32)/t18-/m0/s1. The van der Waals surface area contributed by atoms with Crippen molar-refractivity contribution in [2.24, 2.45) is 0 Å². The number of nitrogens with zero attached hydrogens (tertiary/aromatic N) is 1. The van der Waals surface area contributed by atoms with E-state index in [1.165, 1.54) is 42.6 Å². The quantitative estimate of drug-likeness (QED) is 0.330. The second kappa shape index (κ2) is 8.37. The Balaban J connectivity index is 1.71. The summed E-state index contributed by atoms with van der Waals surface area (Å²) in [4.78, 5) is 31.3. The highest BCUT2D eigenvalue weighted by molar-refractivity contribution is 5.99. The Morgan fingerprint density at radius 3 is 2.41 bits per heavy atom. The maximum Gasteiger partial charge on any atom is 0.416 e. The van der Waals surface area contributed by atoms with Gasteiger partial charge in [0.05, 0.1) is 11.3 Å². The number of halogens is 4. The van der Waals surface area contributed by atoms with Gasteiger partial charge in [-0.3, -0.25) is 14.6 Å². The number of hydrogen-bond acceptors (Lipinski definition) is 3. The van der Waals surface area contributed by atoms with Crippen LogP contribution < -0.4 is 5.56 Å². The normalized spacial score (nSPS) is 12.6. The molecule has 0 spiro atoms. The summed E-state index contributed by atoms with van der Waals surface area (Å²) in [6.07, 6.45) is -3.37. The molecule has 2 aromatic heterocycles. The smallest absolute Gasteiger partial charge is 0.322 e. The number of carbonyl (C=O) groups excluding carboxylic acids is 1. The average Bonchev–Trinajstić information content (AvgIpc) is 2.77. The van der Waals surface area contributed by atoms with E-state index in [1.807, 2.05) is 0 Å². The number of benzene rings is 2. The molecular formula is C24H16F4N2O2. The molecule has 2 heterocycles. The minimum atomic E-state index is -4.51. The third-order valence-electron chi connectivity index (χ3n) is 5.19. The molecule has 8 heteroatoms. The van der Waals surface area contributed by atoms with Crippen LogP contribution >= 0.6 is 0 Å². The second-order valence-electron chi connectivity index (χ2n) is 7.29. The van der Waals surface area contributed by atoms with E-state index in [4.69, 9.17) is 0 Å². The van der Waals surface area contributed by atoms with Crippen LogP contribution in [0.5, 0.6) is 0 Å². The van der Waals surface area contributed by atoms with Gasteiger partial charge >= 0.3 is 6.18 Å². The van der Waals surface area contributed by atoms with Crippen molar-refractivity contribution in [2.75, 3.05) is 0 Å². The van der Waals surface area contributed by atoms with Gasteiger partial charge in [0, 0.05) is 35.7 Å². The highest BCUT2D eigenvalue weighted by Gasteiger charge is 2.31. The summed E-state index contributed by atoms with van der Waals surface area (Å²) in [6.45, 7) is 0. The number of aromatic nitrogens is 2. The summed E-state index contributed by atoms with van der Waals surface area (Å²) in [7, 11) is 0. The summed E-state index contributed by atoms with van der Waals surface area (Å²) < 4.78 is 53.3. The zero-order valence-electron chi connectivity index (χ0n) is 16.5. The fourth-order valence-electron chi connectivity index (χ4n) is 3.56. The predicted octanol–water partition coefficient (Wildman–Crippen LogP) is 5.49. The van der Waals surface area contributed by atoms with Crippen molar-refractivity contribution >= 4 is 16.7 Å². The highest BCUT2D eigenvalue weighted by Crippen LogP contribution is 2.34. The van der Waals surface area contributed by atoms with Crippen molar-refractivity contribution in [1.82, 2.24) is 9.97 Å². The number of aromatic amines is 1. The number of carbonyl (C=O) groups is 1. The van der Waals surface area contributed by atoms with Crippen LogP contribution in [0.1, 0.15) is 39.5 Å². The molecule has 162 valence electrons. The van der Waals surface area contributed by atoms with Crippen molar-refractivity contribution < 1.29 is 22.4 Å². The third kappa shape index (κ3) is 4.44. The van der Waals surface area contributed by atoms with Crippen LogP contribution in [0.15, 0.2) is 77.7 Å². The number of fused-ring (bicyclic) bond motifs is 1. The van der Waals surface area contributed by atoms with Crippen molar-refractivity contribution in [3.63, 3.8) is 0 Å². The van der Waals surface area contributed by atoms with E-state index >= 15 is 0 Å². The minimum absolute atomic E-state index is 0.0326. The monoisotopic (exact) mass is 440 g/mol. The Labute approximate surface area is 179 Å². The summed E-state index contributed by atoms with van der Waals surface area (Å²) in [5.41, 5.74) is -0.106. The zero-order valence-corrected chi connectivity index (χ0v) is 16.5. The molecule has 0 saturated heterocycles. The molecule has 0 radical (unpaired) electrons. The van der Waals surface area contributed by atoms with Gasteiger partial charge in [-0.15, -0.1) is 0 Å². The Bertz CT molecular complexity index is 1340. The number of H-pyrrole nitrogens is 1. The summed E-state index contributed by atoms with van der Waals surface area (Å²) in [5, 5.41) is 0.733. The first kappa shape index (κ1) is 21.4. The summed E-state index contributed by atoms with van der Waals surface area (Å²) in [5.74, 6) is -1.92. The molecule has 0 amide bonds. The van der Waals surface area contributed by atoms with E-state index in [9.17, 15) is 27.2 Å². The predicted molar refractivity (Wildman–Crippen MR) is 111 cm³/mol. The third-order valence-corrected chi connectivity index (χ3v) is 5.19. The fraction of sp³-hybridized carbons (Fsp3) is 0.125. The maximum atomic E-state index is 14.5. The van der Waals surface area contributed by atoms with Gasteiger partial charge < -0.3 is 4.98 Å². The number of nitrogens with one attached hydrogen (secondary N) is 1. The fourth-order valence-corrected chi connectivity index (χ4v) is 3.56. The van der Waals surface area contributed by atoms with E-state index in [-0.39, 0.29) is 29.0 Å². The molecule has 4 aromatic rings. The van der Waals surface area contributed by atoms with Crippen LogP contribution in [0.25, 0.3) is 10.9 Å². The average molecular weight is 440 g/mol. The molecule has 0 unspecified atom stereocenters. The van der Waals surface area contributed by atoms with Gasteiger partial charge in [-0.25, -0.2) is 4.39 Å². The van der Waals surface area contributed by atoms with E-state index in [0.717, 1.165) is 17.5 Å². The van der Waals surface area contributed by atoms with Crippen molar-refractivity contribution in [3.05, 3.63) is 111 Å². The van der Waals surface area contributed by atoms with Crippen LogP contribution in [0.2, 0.25) is 0 Å². The van der Waals surface area contributed by atoms with Crippen LogP contribution in [-0.2, 0) is 6.18 Å². The summed E-state index contributed by atoms with van der Waals surface area (Å²) >= 11 is 0. The molecule has 0 aliphatic rings. The van der Waals surface area contributed by atoms with E-state index < -0.39 is 23.5 Å². The lowest BCUT2D eigenvalue weighted by atomic mass is 9.87. The first-order valence-electron chi connectivity index (χ1n) is 9.66. The topological polar surface area (TPSA) is 62.8 Å². The van der Waals surface area contributed by atoms with Crippen LogP contribution in [0.4, 0.5) is 17.6 Å². The van der Waals surface area contributed by atoms with E-state index in [1.54, 1.807) is 18.2 Å². The maximum absolute atomic E-state index is 14.5.